The Balaban J connectivity index is 1.51. The number of ether oxygens (including phenoxy) is 3. The molecule has 5 nitrogen and oxygen atoms in total. The summed E-state index contributed by atoms with van der Waals surface area (Å²) >= 11 is 6.45. The second kappa shape index (κ2) is 10.3. The fraction of sp³-hybridized carbons (Fsp3) is 0.217. The minimum atomic E-state index is -0.0737. The predicted octanol–water partition coefficient (Wildman–Crippen LogP) is 4.71. The van der Waals surface area contributed by atoms with Crippen LogP contribution >= 0.6 is 24.0 Å². The van der Waals surface area contributed by atoms with Crippen LogP contribution < -0.4 is 14.2 Å². The average Bonchev–Trinajstić information content (AvgIpc) is 2.99. The SMILES string of the molecule is C=CCc1ccc(OCCOc2ccc(/C=C3\SC(=S)N(C)C3=O)cc2)c(OC)c1. The summed E-state index contributed by atoms with van der Waals surface area (Å²) in [6.45, 7) is 4.53. The monoisotopic (exact) mass is 441 g/mol. The molecule has 0 unspecified atom stereocenters. The summed E-state index contributed by atoms with van der Waals surface area (Å²) < 4.78 is 17.5. The fourth-order valence-electron chi connectivity index (χ4n) is 2.79. The Morgan fingerprint density at radius 1 is 1.10 bits per heavy atom. The normalized spacial score (nSPS) is 14.9. The molecule has 0 spiro atoms. The highest BCUT2D eigenvalue weighted by molar-refractivity contribution is 8.26. The number of methoxy groups -OCH3 is 1. The first-order valence-corrected chi connectivity index (χ1v) is 10.6. The minimum Gasteiger partial charge on any atom is -0.493 e. The summed E-state index contributed by atoms with van der Waals surface area (Å²) in [6.07, 6.45) is 4.46. The van der Waals surface area contributed by atoms with Crippen LogP contribution in [0.2, 0.25) is 0 Å². The van der Waals surface area contributed by atoms with E-state index in [1.807, 2.05) is 54.6 Å². The van der Waals surface area contributed by atoms with E-state index in [4.69, 9.17) is 26.4 Å². The van der Waals surface area contributed by atoms with Gasteiger partial charge in [0.05, 0.1) is 12.0 Å². The van der Waals surface area contributed by atoms with Crippen molar-refractivity contribution >= 4 is 40.3 Å². The van der Waals surface area contributed by atoms with Crippen LogP contribution in [0, 0.1) is 0 Å². The van der Waals surface area contributed by atoms with Gasteiger partial charge in [-0.1, -0.05) is 48.3 Å². The molecule has 0 saturated carbocycles. The highest BCUT2D eigenvalue weighted by Crippen LogP contribution is 2.31. The van der Waals surface area contributed by atoms with E-state index < -0.39 is 0 Å². The number of benzene rings is 2. The maximum Gasteiger partial charge on any atom is 0.265 e. The summed E-state index contributed by atoms with van der Waals surface area (Å²) in [5, 5.41) is 0. The van der Waals surface area contributed by atoms with Gasteiger partial charge in [0.1, 0.15) is 23.3 Å². The predicted molar refractivity (Wildman–Crippen MR) is 125 cm³/mol. The quantitative estimate of drug-likeness (QED) is 0.243. The molecule has 3 rings (SSSR count). The van der Waals surface area contributed by atoms with Crippen molar-refractivity contribution in [3.05, 3.63) is 71.2 Å². The van der Waals surface area contributed by atoms with Gasteiger partial charge < -0.3 is 14.2 Å². The Morgan fingerprint density at radius 2 is 1.83 bits per heavy atom. The Labute approximate surface area is 186 Å². The molecule has 1 aliphatic rings. The number of rotatable bonds is 9. The zero-order valence-corrected chi connectivity index (χ0v) is 18.6. The van der Waals surface area contributed by atoms with E-state index in [0.29, 0.717) is 33.9 Å². The lowest BCUT2D eigenvalue weighted by Crippen LogP contribution is -2.22. The molecule has 7 heteroatoms. The zero-order valence-electron chi connectivity index (χ0n) is 16.9. The van der Waals surface area contributed by atoms with Gasteiger partial charge in [-0.2, -0.15) is 0 Å². The molecular weight excluding hydrogens is 418 g/mol. The van der Waals surface area contributed by atoms with Crippen molar-refractivity contribution in [2.45, 2.75) is 6.42 Å². The van der Waals surface area contributed by atoms with Gasteiger partial charge in [0.25, 0.3) is 5.91 Å². The first-order valence-electron chi connectivity index (χ1n) is 9.37. The van der Waals surface area contributed by atoms with E-state index >= 15 is 0 Å². The average molecular weight is 442 g/mol. The first kappa shape index (κ1) is 21.9. The molecule has 156 valence electrons. The van der Waals surface area contributed by atoms with Crippen LogP contribution in [0.5, 0.6) is 17.2 Å². The smallest absolute Gasteiger partial charge is 0.265 e. The maximum atomic E-state index is 12.1. The number of hydrogen-bond donors (Lipinski definition) is 0. The van der Waals surface area contributed by atoms with Crippen molar-refractivity contribution in [1.82, 2.24) is 4.90 Å². The molecule has 0 atom stereocenters. The molecule has 1 aliphatic heterocycles. The van der Waals surface area contributed by atoms with Gasteiger partial charge in [0.15, 0.2) is 11.5 Å². The molecule has 0 aliphatic carbocycles. The van der Waals surface area contributed by atoms with E-state index in [1.54, 1.807) is 14.2 Å². The Kier molecular flexibility index (Phi) is 7.54. The van der Waals surface area contributed by atoms with Crippen molar-refractivity contribution in [2.24, 2.45) is 0 Å². The number of nitrogens with zero attached hydrogens (tertiary/aromatic N) is 1. The van der Waals surface area contributed by atoms with Gasteiger partial charge in [0, 0.05) is 7.05 Å². The van der Waals surface area contributed by atoms with E-state index in [1.165, 1.54) is 16.7 Å². The van der Waals surface area contributed by atoms with E-state index in [9.17, 15) is 4.79 Å². The molecule has 0 radical (unpaired) electrons. The van der Waals surface area contributed by atoms with Crippen LogP contribution in [0.25, 0.3) is 6.08 Å². The van der Waals surface area contributed by atoms with Gasteiger partial charge in [0.2, 0.25) is 0 Å². The van der Waals surface area contributed by atoms with Crippen molar-refractivity contribution in [3.8, 4) is 17.2 Å². The molecule has 2 aromatic carbocycles. The largest absolute Gasteiger partial charge is 0.493 e. The standard InChI is InChI=1S/C23H23NO4S2/c1-4-5-16-8-11-19(20(14-16)26-3)28-13-12-27-18-9-6-17(7-10-18)15-21-22(25)24(2)23(29)30-21/h4,6-11,14-15H,1,5,12-13H2,2-3H3/b21-15-. The lowest BCUT2D eigenvalue weighted by Gasteiger charge is -2.12. The van der Waals surface area contributed by atoms with Crippen LogP contribution in [-0.2, 0) is 11.2 Å². The third-order valence-electron chi connectivity index (χ3n) is 4.38. The van der Waals surface area contributed by atoms with E-state index in [0.717, 1.165) is 23.3 Å². The number of allylic oxidation sites excluding steroid dienone is 1. The highest BCUT2D eigenvalue weighted by Gasteiger charge is 2.28. The molecule has 0 aromatic heterocycles. The lowest BCUT2D eigenvalue weighted by molar-refractivity contribution is -0.121. The summed E-state index contributed by atoms with van der Waals surface area (Å²) in [5.74, 6) is 2.02. The molecule has 0 N–H and O–H groups in total. The molecule has 1 saturated heterocycles. The number of thiocarbonyl (C=S) groups is 1. The lowest BCUT2D eigenvalue weighted by atomic mass is 10.1. The number of likely N-dealkylation sites (N-methyl/N-ethyl adjacent to an activating group) is 1. The third-order valence-corrected chi connectivity index (χ3v) is 5.87. The summed E-state index contributed by atoms with van der Waals surface area (Å²) in [5.41, 5.74) is 2.03. The summed E-state index contributed by atoms with van der Waals surface area (Å²) in [7, 11) is 3.30. The molecule has 0 bridgehead atoms. The molecule has 1 amide bonds. The number of hydrogen-bond acceptors (Lipinski definition) is 6. The number of carbonyl (C=O) groups is 1. The van der Waals surface area contributed by atoms with Crippen LogP contribution in [0.15, 0.2) is 60.0 Å². The summed E-state index contributed by atoms with van der Waals surface area (Å²) in [6, 6.07) is 13.4. The second-order valence-electron chi connectivity index (χ2n) is 6.48. The number of carbonyl (C=O) groups excluding carboxylic acids is 1. The van der Waals surface area contributed by atoms with Crippen LogP contribution in [0.1, 0.15) is 11.1 Å². The Bertz CT molecular complexity index is 970. The number of thioether (sulfide) groups is 1. The Morgan fingerprint density at radius 3 is 2.47 bits per heavy atom. The van der Waals surface area contributed by atoms with Gasteiger partial charge in [-0.25, -0.2) is 0 Å². The van der Waals surface area contributed by atoms with E-state index in [2.05, 4.69) is 6.58 Å². The third kappa shape index (κ3) is 5.43. The van der Waals surface area contributed by atoms with Crippen molar-refractivity contribution in [1.29, 1.82) is 0 Å². The van der Waals surface area contributed by atoms with Crippen LogP contribution in [0.3, 0.4) is 0 Å². The molecule has 2 aromatic rings. The van der Waals surface area contributed by atoms with Gasteiger partial charge in [-0.05, 0) is 47.9 Å². The van der Waals surface area contributed by atoms with Gasteiger partial charge >= 0.3 is 0 Å². The molecular formula is C23H23NO4S2. The van der Waals surface area contributed by atoms with Crippen molar-refractivity contribution in [2.75, 3.05) is 27.4 Å². The van der Waals surface area contributed by atoms with E-state index in [-0.39, 0.29) is 5.91 Å². The first-order chi connectivity index (χ1) is 14.5. The van der Waals surface area contributed by atoms with Gasteiger partial charge in [-0.15, -0.1) is 6.58 Å². The molecule has 30 heavy (non-hydrogen) atoms. The van der Waals surface area contributed by atoms with Gasteiger partial charge in [-0.3, -0.25) is 9.69 Å². The molecule has 1 heterocycles. The fourth-order valence-corrected chi connectivity index (χ4v) is 3.97. The summed E-state index contributed by atoms with van der Waals surface area (Å²) in [4.78, 5) is 14.2. The zero-order chi connectivity index (χ0) is 21.5. The topological polar surface area (TPSA) is 48.0 Å². The van der Waals surface area contributed by atoms with Crippen molar-refractivity contribution < 1.29 is 19.0 Å². The second-order valence-corrected chi connectivity index (χ2v) is 8.16. The van der Waals surface area contributed by atoms with Crippen LogP contribution in [-0.4, -0.2) is 42.5 Å². The molecule has 1 fully saturated rings. The maximum absolute atomic E-state index is 12.1. The van der Waals surface area contributed by atoms with Crippen LogP contribution in [0.4, 0.5) is 0 Å². The Hall–Kier alpha value is -2.77. The minimum absolute atomic E-state index is 0.0737. The highest BCUT2D eigenvalue weighted by atomic mass is 32.2. The van der Waals surface area contributed by atoms with Crippen molar-refractivity contribution in [3.63, 3.8) is 0 Å². The number of amides is 1.